The van der Waals surface area contributed by atoms with Crippen LogP contribution < -0.4 is 20.1 Å². The molecule has 0 aliphatic heterocycles. The summed E-state index contributed by atoms with van der Waals surface area (Å²) in [6.45, 7) is 10.3. The SMILES string of the molecule is CC(C)(C)OC(=O)N[C@@H](Cc1ccccc1)CS(=O)(=O)N[C@H]1CCCC[C@@H]1NS(=O)(=O)C[C@H](Cc1ccccc1)NC(=O)OC(C)(C)C. The maximum Gasteiger partial charge on any atom is 0.407 e. The van der Waals surface area contributed by atoms with Gasteiger partial charge in [0.15, 0.2) is 0 Å². The molecule has 4 N–H and O–H groups in total. The first-order chi connectivity index (χ1) is 22.3. The fourth-order valence-corrected chi connectivity index (χ4v) is 8.69. The molecule has 0 radical (unpaired) electrons. The molecular formula is C34H52N4O8S2. The lowest BCUT2D eigenvalue weighted by Crippen LogP contribution is -2.56. The van der Waals surface area contributed by atoms with E-state index >= 15 is 0 Å². The molecule has 12 nitrogen and oxygen atoms in total. The second-order valence-electron chi connectivity index (χ2n) is 14.4. The Morgan fingerprint density at radius 3 is 1.29 bits per heavy atom. The van der Waals surface area contributed by atoms with Crippen LogP contribution in [-0.2, 0) is 42.4 Å². The average molecular weight is 709 g/mol. The highest BCUT2D eigenvalue weighted by Crippen LogP contribution is 2.21. The quantitative estimate of drug-likeness (QED) is 0.224. The maximum atomic E-state index is 13.6. The Hall–Kier alpha value is -3.20. The van der Waals surface area contributed by atoms with E-state index in [1.807, 2.05) is 60.7 Å². The number of sulfonamides is 2. The van der Waals surface area contributed by atoms with E-state index in [1.54, 1.807) is 41.5 Å². The van der Waals surface area contributed by atoms with Gasteiger partial charge in [-0.1, -0.05) is 73.5 Å². The summed E-state index contributed by atoms with van der Waals surface area (Å²) in [6.07, 6.45) is 1.32. The van der Waals surface area contributed by atoms with Crippen LogP contribution >= 0.6 is 0 Å². The number of carbonyl (C=O) groups is 2. The number of hydrogen-bond acceptors (Lipinski definition) is 8. The van der Waals surface area contributed by atoms with E-state index in [1.165, 1.54) is 0 Å². The third-order valence-corrected chi connectivity index (χ3v) is 10.4. The van der Waals surface area contributed by atoms with Crippen LogP contribution in [0.1, 0.15) is 78.4 Å². The minimum absolute atomic E-state index is 0.245. The molecule has 0 unspecified atom stereocenters. The Morgan fingerprint density at radius 1 is 0.646 bits per heavy atom. The second kappa shape index (κ2) is 17.0. The number of hydrogen-bond donors (Lipinski definition) is 4. The van der Waals surface area contributed by atoms with Gasteiger partial charge in [-0.2, -0.15) is 0 Å². The lowest BCUT2D eigenvalue weighted by Gasteiger charge is -2.33. The minimum atomic E-state index is -4.00. The van der Waals surface area contributed by atoms with Crippen molar-refractivity contribution >= 4 is 32.2 Å². The maximum absolute atomic E-state index is 13.6. The number of nitrogens with one attached hydrogen (secondary N) is 4. The number of ether oxygens (including phenoxy) is 2. The van der Waals surface area contributed by atoms with Gasteiger partial charge in [-0.3, -0.25) is 0 Å². The number of amides is 2. The molecule has 2 aromatic rings. The zero-order valence-electron chi connectivity index (χ0n) is 28.8. The van der Waals surface area contributed by atoms with Crippen LogP contribution in [0.15, 0.2) is 60.7 Å². The first-order valence-corrected chi connectivity index (χ1v) is 19.6. The molecule has 1 fully saturated rings. The van der Waals surface area contributed by atoms with Gasteiger partial charge in [0.05, 0.1) is 23.6 Å². The normalized spacial score (nSPS) is 18.7. The van der Waals surface area contributed by atoms with Gasteiger partial charge in [0.2, 0.25) is 20.0 Å². The Bertz CT molecular complexity index is 1420. The van der Waals surface area contributed by atoms with Crippen molar-refractivity contribution in [1.82, 2.24) is 20.1 Å². The fraction of sp³-hybridized carbons (Fsp3) is 0.588. The van der Waals surface area contributed by atoms with Crippen molar-refractivity contribution in [3.63, 3.8) is 0 Å². The topological polar surface area (TPSA) is 169 Å². The predicted octanol–water partition coefficient (Wildman–Crippen LogP) is 4.41. The zero-order valence-corrected chi connectivity index (χ0v) is 30.5. The van der Waals surface area contributed by atoms with E-state index in [0.29, 0.717) is 25.7 Å². The summed E-state index contributed by atoms with van der Waals surface area (Å²) < 4.78 is 70.4. The molecule has 0 spiro atoms. The Balaban J connectivity index is 1.73. The van der Waals surface area contributed by atoms with Crippen molar-refractivity contribution in [1.29, 1.82) is 0 Å². The summed E-state index contributed by atoms with van der Waals surface area (Å²) in [5.41, 5.74) is 0.130. The molecule has 1 aliphatic carbocycles. The molecule has 0 aromatic heterocycles. The lowest BCUT2D eigenvalue weighted by atomic mass is 9.92. The minimum Gasteiger partial charge on any atom is -0.444 e. The van der Waals surface area contributed by atoms with Crippen LogP contribution in [0, 0.1) is 0 Å². The van der Waals surface area contributed by atoms with Crippen molar-refractivity contribution in [2.45, 2.75) is 115 Å². The van der Waals surface area contributed by atoms with Gasteiger partial charge in [-0.05, 0) is 78.4 Å². The molecule has 0 heterocycles. The molecule has 48 heavy (non-hydrogen) atoms. The van der Waals surface area contributed by atoms with Gasteiger partial charge >= 0.3 is 12.2 Å². The van der Waals surface area contributed by atoms with Gasteiger partial charge in [0, 0.05) is 12.1 Å². The van der Waals surface area contributed by atoms with Crippen LogP contribution in [-0.4, -0.2) is 75.9 Å². The Morgan fingerprint density at radius 2 is 0.979 bits per heavy atom. The lowest BCUT2D eigenvalue weighted by molar-refractivity contribution is 0.0497. The van der Waals surface area contributed by atoms with E-state index < -0.39 is 79.1 Å². The van der Waals surface area contributed by atoms with E-state index in [-0.39, 0.29) is 12.8 Å². The van der Waals surface area contributed by atoms with E-state index in [4.69, 9.17) is 9.47 Å². The monoisotopic (exact) mass is 708 g/mol. The van der Waals surface area contributed by atoms with Crippen molar-refractivity contribution in [3.8, 4) is 0 Å². The first kappa shape index (κ1) is 39.2. The van der Waals surface area contributed by atoms with E-state index in [2.05, 4.69) is 20.1 Å². The van der Waals surface area contributed by atoms with Crippen LogP contribution in [0.4, 0.5) is 9.59 Å². The molecule has 1 saturated carbocycles. The van der Waals surface area contributed by atoms with Gasteiger partial charge in [0.1, 0.15) is 11.2 Å². The van der Waals surface area contributed by atoms with Gasteiger partial charge < -0.3 is 20.1 Å². The third-order valence-electron chi connectivity index (χ3n) is 7.36. The van der Waals surface area contributed by atoms with E-state index in [0.717, 1.165) is 11.1 Å². The van der Waals surface area contributed by atoms with Crippen LogP contribution in [0.3, 0.4) is 0 Å². The summed E-state index contributed by atoms with van der Waals surface area (Å²) in [6, 6.07) is 15.4. The molecule has 4 atom stereocenters. The highest BCUT2D eigenvalue weighted by molar-refractivity contribution is 7.89. The van der Waals surface area contributed by atoms with Crippen LogP contribution in [0.2, 0.25) is 0 Å². The summed E-state index contributed by atoms with van der Waals surface area (Å²) in [5.74, 6) is -0.869. The largest absolute Gasteiger partial charge is 0.444 e. The van der Waals surface area contributed by atoms with Crippen LogP contribution in [0.25, 0.3) is 0 Å². The van der Waals surface area contributed by atoms with Gasteiger partial charge in [-0.15, -0.1) is 0 Å². The predicted molar refractivity (Wildman–Crippen MR) is 186 cm³/mol. The average Bonchev–Trinajstić information content (AvgIpc) is 2.92. The molecule has 14 heteroatoms. The molecule has 0 saturated heterocycles. The first-order valence-electron chi connectivity index (χ1n) is 16.3. The van der Waals surface area contributed by atoms with Gasteiger partial charge in [-0.25, -0.2) is 35.9 Å². The summed E-state index contributed by atoms with van der Waals surface area (Å²) in [4.78, 5) is 25.2. The zero-order chi connectivity index (χ0) is 35.6. The highest BCUT2D eigenvalue weighted by atomic mass is 32.2. The van der Waals surface area contributed by atoms with Crippen molar-refractivity contribution in [2.75, 3.05) is 11.5 Å². The van der Waals surface area contributed by atoms with Crippen LogP contribution in [0.5, 0.6) is 0 Å². The molecule has 0 bridgehead atoms. The molecule has 3 rings (SSSR count). The molecule has 268 valence electrons. The molecule has 2 aromatic carbocycles. The van der Waals surface area contributed by atoms with Crippen molar-refractivity contribution in [2.24, 2.45) is 0 Å². The summed E-state index contributed by atoms with van der Waals surface area (Å²) in [5, 5.41) is 5.40. The number of rotatable bonds is 14. The van der Waals surface area contributed by atoms with Crippen molar-refractivity contribution < 1.29 is 35.9 Å². The van der Waals surface area contributed by atoms with Crippen molar-refractivity contribution in [3.05, 3.63) is 71.8 Å². The second-order valence-corrected chi connectivity index (χ2v) is 18.0. The molecule has 1 aliphatic rings. The highest BCUT2D eigenvalue weighted by Gasteiger charge is 2.34. The summed E-state index contributed by atoms with van der Waals surface area (Å²) >= 11 is 0. The standard InChI is InChI=1S/C34H52N4O8S2/c1-33(2,3)45-31(39)35-27(21-25-15-9-7-10-16-25)23-47(41,42)37-29-19-13-14-20-30(29)38-48(43,44)24-28(22-26-17-11-8-12-18-26)36-32(40)46-34(4,5)6/h7-12,15-18,27-30,37-38H,13-14,19-24H2,1-6H3,(H,35,39)(H,36,40)/t27-,28-,29-,30-/m0/s1. The third kappa shape index (κ3) is 15.3. The smallest absolute Gasteiger partial charge is 0.407 e. The Kier molecular flexibility index (Phi) is 13.9. The van der Waals surface area contributed by atoms with E-state index in [9.17, 15) is 26.4 Å². The van der Waals surface area contributed by atoms with Gasteiger partial charge in [0.25, 0.3) is 0 Å². The Labute approximate surface area is 286 Å². The molecular weight excluding hydrogens is 657 g/mol. The number of alkyl carbamates (subject to hydrolysis) is 2. The summed E-state index contributed by atoms with van der Waals surface area (Å²) in [7, 11) is -8.01. The fourth-order valence-electron chi connectivity index (χ4n) is 5.55. The number of benzene rings is 2. The number of carbonyl (C=O) groups excluding carboxylic acids is 2. The molecule has 2 amide bonds.